The van der Waals surface area contributed by atoms with E-state index in [2.05, 4.69) is 29.6 Å². The van der Waals surface area contributed by atoms with Crippen LogP contribution >= 0.6 is 0 Å². The molecule has 0 radical (unpaired) electrons. The fourth-order valence-electron chi connectivity index (χ4n) is 5.14. The van der Waals surface area contributed by atoms with Gasteiger partial charge in [-0.25, -0.2) is 4.79 Å². The Morgan fingerprint density at radius 1 is 1.03 bits per heavy atom. The largest absolute Gasteiger partial charge is 0.481 e. The number of rotatable bonds is 8. The van der Waals surface area contributed by atoms with Crippen LogP contribution in [-0.2, 0) is 14.3 Å². The van der Waals surface area contributed by atoms with Gasteiger partial charge in [-0.2, -0.15) is 0 Å². The van der Waals surface area contributed by atoms with Crippen LogP contribution in [0.15, 0.2) is 48.5 Å². The SMILES string of the molecule is CCN(CCC(=O)O)C(=O)C1(NC(=O)OCC2c3ccccc3-c3ccccc32)CCCC1. The summed E-state index contributed by atoms with van der Waals surface area (Å²) in [5, 5.41) is 11.9. The molecular formula is C26H30N2O5. The van der Waals surface area contributed by atoms with Gasteiger partial charge in [0.2, 0.25) is 5.91 Å². The van der Waals surface area contributed by atoms with Gasteiger partial charge in [0.15, 0.2) is 0 Å². The zero-order valence-electron chi connectivity index (χ0n) is 18.9. The average Bonchev–Trinajstić information content (AvgIpc) is 3.41. The number of hydrogen-bond donors (Lipinski definition) is 2. The van der Waals surface area contributed by atoms with Crippen LogP contribution in [0.5, 0.6) is 0 Å². The van der Waals surface area contributed by atoms with Gasteiger partial charge in [0, 0.05) is 19.0 Å². The molecule has 0 aromatic heterocycles. The van der Waals surface area contributed by atoms with Gasteiger partial charge >= 0.3 is 12.1 Å². The van der Waals surface area contributed by atoms with Crippen molar-refractivity contribution in [2.75, 3.05) is 19.7 Å². The second kappa shape index (κ2) is 9.65. The Labute approximate surface area is 193 Å². The molecule has 0 saturated heterocycles. The summed E-state index contributed by atoms with van der Waals surface area (Å²) in [6.07, 6.45) is 1.97. The van der Waals surface area contributed by atoms with Crippen molar-refractivity contribution in [1.82, 2.24) is 10.2 Å². The van der Waals surface area contributed by atoms with Gasteiger partial charge in [-0.15, -0.1) is 0 Å². The molecule has 0 atom stereocenters. The van der Waals surface area contributed by atoms with E-state index in [1.807, 2.05) is 31.2 Å². The molecule has 1 fully saturated rings. The van der Waals surface area contributed by atoms with Crippen LogP contribution in [0.3, 0.4) is 0 Å². The third kappa shape index (κ3) is 4.58. The standard InChI is InChI=1S/C26H30N2O5/c1-2-28(16-13-23(29)30)24(31)26(14-7-8-15-26)27-25(32)33-17-22-20-11-5-3-9-18(20)19-10-4-6-12-21(19)22/h3-6,9-12,22H,2,7-8,13-17H2,1H3,(H,27,32)(H,29,30). The third-order valence-corrected chi connectivity index (χ3v) is 6.82. The highest BCUT2D eigenvalue weighted by Gasteiger charge is 2.45. The summed E-state index contributed by atoms with van der Waals surface area (Å²) >= 11 is 0. The molecule has 2 aromatic rings. The Morgan fingerprint density at radius 2 is 1.61 bits per heavy atom. The summed E-state index contributed by atoms with van der Waals surface area (Å²) in [6.45, 7) is 2.51. The van der Waals surface area contributed by atoms with E-state index in [1.54, 1.807) is 0 Å². The number of carbonyl (C=O) groups excluding carboxylic acids is 2. The lowest BCUT2D eigenvalue weighted by Gasteiger charge is -2.34. The van der Waals surface area contributed by atoms with Crippen molar-refractivity contribution in [2.45, 2.75) is 50.5 Å². The molecule has 0 aliphatic heterocycles. The molecule has 7 nitrogen and oxygen atoms in total. The quantitative estimate of drug-likeness (QED) is 0.630. The number of likely N-dealkylation sites (N-methyl/N-ethyl adjacent to an activating group) is 1. The average molecular weight is 451 g/mol. The predicted molar refractivity (Wildman–Crippen MR) is 124 cm³/mol. The Kier molecular flexibility index (Phi) is 6.67. The first-order valence-corrected chi connectivity index (χ1v) is 11.6. The molecule has 2 amide bonds. The lowest BCUT2D eigenvalue weighted by atomic mass is 9.95. The molecule has 33 heavy (non-hydrogen) atoms. The number of amides is 2. The van der Waals surface area contributed by atoms with Crippen LogP contribution in [0.4, 0.5) is 4.79 Å². The number of aliphatic carboxylic acids is 1. The van der Waals surface area contributed by atoms with Gasteiger partial charge in [0.1, 0.15) is 12.1 Å². The van der Waals surface area contributed by atoms with Crippen molar-refractivity contribution < 1.29 is 24.2 Å². The van der Waals surface area contributed by atoms with Crippen LogP contribution in [0.1, 0.15) is 56.1 Å². The van der Waals surface area contributed by atoms with Crippen LogP contribution in [-0.4, -0.2) is 53.2 Å². The zero-order valence-corrected chi connectivity index (χ0v) is 18.9. The van der Waals surface area contributed by atoms with Gasteiger partial charge in [-0.3, -0.25) is 9.59 Å². The second-order valence-corrected chi connectivity index (χ2v) is 8.77. The highest BCUT2D eigenvalue weighted by atomic mass is 16.5. The number of hydrogen-bond acceptors (Lipinski definition) is 4. The highest BCUT2D eigenvalue weighted by Crippen LogP contribution is 2.44. The molecule has 2 aliphatic carbocycles. The summed E-state index contributed by atoms with van der Waals surface area (Å²) in [4.78, 5) is 38.7. The van der Waals surface area contributed by atoms with Gasteiger partial charge in [-0.05, 0) is 42.0 Å². The minimum absolute atomic E-state index is 0.0545. The number of ether oxygens (including phenoxy) is 1. The van der Waals surface area contributed by atoms with Crippen molar-refractivity contribution in [3.63, 3.8) is 0 Å². The maximum absolute atomic E-state index is 13.3. The van der Waals surface area contributed by atoms with Crippen molar-refractivity contribution in [2.24, 2.45) is 0 Å². The van der Waals surface area contributed by atoms with E-state index in [-0.39, 0.29) is 31.4 Å². The van der Waals surface area contributed by atoms with Crippen LogP contribution in [0.2, 0.25) is 0 Å². The van der Waals surface area contributed by atoms with Gasteiger partial charge in [-0.1, -0.05) is 61.4 Å². The summed E-state index contributed by atoms with van der Waals surface area (Å²) in [5.41, 5.74) is 3.54. The molecule has 0 spiro atoms. The molecule has 0 unspecified atom stereocenters. The Bertz CT molecular complexity index is 999. The monoisotopic (exact) mass is 450 g/mol. The Morgan fingerprint density at radius 3 is 2.15 bits per heavy atom. The summed E-state index contributed by atoms with van der Waals surface area (Å²) in [7, 11) is 0. The molecule has 2 aliphatic rings. The van der Waals surface area contributed by atoms with E-state index in [0.29, 0.717) is 19.4 Å². The lowest BCUT2D eigenvalue weighted by molar-refractivity contribution is -0.141. The molecule has 2 aromatic carbocycles. The maximum atomic E-state index is 13.3. The first kappa shape index (κ1) is 22.8. The molecule has 4 rings (SSSR count). The van der Waals surface area contributed by atoms with Crippen LogP contribution in [0, 0.1) is 0 Å². The lowest BCUT2D eigenvalue weighted by Crippen LogP contribution is -2.58. The molecule has 0 heterocycles. The molecule has 2 N–H and O–H groups in total. The van der Waals surface area contributed by atoms with E-state index >= 15 is 0 Å². The molecule has 174 valence electrons. The first-order valence-electron chi connectivity index (χ1n) is 11.6. The summed E-state index contributed by atoms with van der Waals surface area (Å²) in [5.74, 6) is -1.23. The normalized spacial score (nSPS) is 16.0. The number of carboxylic acids is 1. The number of alkyl carbamates (subject to hydrolysis) is 1. The van der Waals surface area contributed by atoms with Crippen molar-refractivity contribution in [3.05, 3.63) is 59.7 Å². The smallest absolute Gasteiger partial charge is 0.408 e. The number of fused-ring (bicyclic) bond motifs is 3. The molecule has 7 heteroatoms. The predicted octanol–water partition coefficient (Wildman–Crippen LogP) is 4.16. The number of nitrogens with one attached hydrogen (secondary N) is 1. The topological polar surface area (TPSA) is 95.9 Å². The van der Waals surface area contributed by atoms with Gasteiger partial charge < -0.3 is 20.1 Å². The highest BCUT2D eigenvalue weighted by molar-refractivity contribution is 5.90. The second-order valence-electron chi connectivity index (χ2n) is 8.77. The number of nitrogens with zero attached hydrogens (tertiary/aromatic N) is 1. The van der Waals surface area contributed by atoms with Gasteiger partial charge in [0.25, 0.3) is 0 Å². The van der Waals surface area contributed by atoms with Crippen molar-refractivity contribution >= 4 is 18.0 Å². The van der Waals surface area contributed by atoms with E-state index < -0.39 is 17.6 Å². The number of carbonyl (C=O) groups is 3. The first-order chi connectivity index (χ1) is 15.9. The minimum atomic E-state index is -1.03. The van der Waals surface area contributed by atoms with Crippen molar-refractivity contribution in [3.8, 4) is 11.1 Å². The van der Waals surface area contributed by atoms with Gasteiger partial charge in [0.05, 0.1) is 6.42 Å². The number of benzene rings is 2. The third-order valence-electron chi connectivity index (χ3n) is 6.82. The Hall–Kier alpha value is -3.35. The van der Waals surface area contributed by atoms with E-state index in [0.717, 1.165) is 35.1 Å². The Balaban J connectivity index is 1.45. The fraction of sp³-hybridized carbons (Fsp3) is 0.423. The van der Waals surface area contributed by atoms with E-state index in [9.17, 15) is 14.4 Å². The fourth-order valence-corrected chi connectivity index (χ4v) is 5.14. The molecule has 0 bridgehead atoms. The number of carboxylic acid groups (broad SMARTS) is 1. The van der Waals surface area contributed by atoms with Crippen molar-refractivity contribution in [1.29, 1.82) is 0 Å². The molecule has 1 saturated carbocycles. The van der Waals surface area contributed by atoms with Crippen LogP contribution in [0.25, 0.3) is 11.1 Å². The minimum Gasteiger partial charge on any atom is -0.481 e. The maximum Gasteiger partial charge on any atom is 0.408 e. The van der Waals surface area contributed by atoms with E-state index in [4.69, 9.17) is 9.84 Å². The zero-order chi connectivity index (χ0) is 23.4. The molecular weight excluding hydrogens is 420 g/mol. The summed E-state index contributed by atoms with van der Waals surface area (Å²) < 4.78 is 5.67. The van der Waals surface area contributed by atoms with Crippen LogP contribution < -0.4 is 5.32 Å². The summed E-state index contributed by atoms with van der Waals surface area (Å²) in [6, 6.07) is 16.3. The van der Waals surface area contributed by atoms with E-state index in [1.165, 1.54) is 4.90 Å².